The zero-order valence-electron chi connectivity index (χ0n) is 21.7. The molecule has 0 amide bonds. The first kappa shape index (κ1) is 27.7. The third-order valence-corrected chi connectivity index (χ3v) is 7.64. The molecule has 0 heterocycles. The number of ether oxygens (including phenoxy) is 2. The maximum absolute atomic E-state index is 12.3. The Balaban J connectivity index is 1.31. The van der Waals surface area contributed by atoms with Crippen LogP contribution in [0.3, 0.4) is 0 Å². The average Bonchev–Trinajstić information content (AvgIpc) is 2.96. The van der Waals surface area contributed by atoms with Crippen LogP contribution in [0, 0.1) is 6.92 Å². The summed E-state index contributed by atoms with van der Waals surface area (Å²) in [6.07, 6.45) is 1.57. The smallest absolute Gasteiger partial charge is 0.297 e. The summed E-state index contributed by atoms with van der Waals surface area (Å²) in [7, 11) is -3.77. The van der Waals surface area contributed by atoms with E-state index >= 15 is 0 Å². The Kier molecular flexibility index (Phi) is 9.85. The molecule has 4 aromatic carbocycles. The number of benzene rings is 4. The SMILES string of the molecule is Cc1ccc(S(=O)(=O)OCCOCCCCOC(c2ccccc2)(c2ccccc2)c2ccccc2)cc1. The molecule has 0 radical (unpaired) electrons. The van der Waals surface area contributed by atoms with Gasteiger partial charge in [-0.1, -0.05) is 109 Å². The molecule has 0 aliphatic rings. The number of hydrogen-bond donors (Lipinski definition) is 0. The molecule has 4 aromatic rings. The molecule has 0 saturated carbocycles. The molecule has 0 fully saturated rings. The largest absolute Gasteiger partial charge is 0.379 e. The normalized spacial score (nSPS) is 11.9. The summed E-state index contributed by atoms with van der Waals surface area (Å²) in [6.45, 7) is 3.10. The summed E-state index contributed by atoms with van der Waals surface area (Å²) in [5.74, 6) is 0. The number of aryl methyl sites for hydroxylation is 1. The van der Waals surface area contributed by atoms with Gasteiger partial charge in [0.05, 0.1) is 18.1 Å². The lowest BCUT2D eigenvalue weighted by molar-refractivity contribution is 0.00685. The van der Waals surface area contributed by atoms with E-state index in [9.17, 15) is 8.42 Å². The van der Waals surface area contributed by atoms with E-state index in [0.29, 0.717) is 13.2 Å². The van der Waals surface area contributed by atoms with Crippen LogP contribution >= 0.6 is 0 Å². The lowest BCUT2D eigenvalue weighted by Gasteiger charge is -2.36. The molecule has 0 saturated heterocycles. The van der Waals surface area contributed by atoms with Crippen LogP contribution in [0.1, 0.15) is 35.1 Å². The number of unbranched alkanes of at least 4 members (excludes halogenated alkanes) is 1. The maximum atomic E-state index is 12.3. The lowest BCUT2D eigenvalue weighted by atomic mass is 9.80. The van der Waals surface area contributed by atoms with Crippen molar-refractivity contribution in [3.8, 4) is 0 Å². The Morgan fingerprint density at radius 3 is 1.55 bits per heavy atom. The van der Waals surface area contributed by atoms with Crippen LogP contribution in [-0.4, -0.2) is 34.8 Å². The van der Waals surface area contributed by atoms with Crippen molar-refractivity contribution in [3.63, 3.8) is 0 Å². The summed E-state index contributed by atoms with van der Waals surface area (Å²) >= 11 is 0. The second kappa shape index (κ2) is 13.5. The third kappa shape index (κ3) is 6.97. The fourth-order valence-corrected chi connectivity index (χ4v) is 5.27. The summed E-state index contributed by atoms with van der Waals surface area (Å²) in [4.78, 5) is 0.152. The van der Waals surface area contributed by atoms with Crippen LogP contribution in [0.5, 0.6) is 0 Å². The average molecular weight is 531 g/mol. The van der Waals surface area contributed by atoms with Gasteiger partial charge in [-0.05, 0) is 48.6 Å². The van der Waals surface area contributed by atoms with Crippen molar-refractivity contribution in [3.05, 3.63) is 138 Å². The zero-order chi connectivity index (χ0) is 26.7. The molecule has 38 heavy (non-hydrogen) atoms. The Bertz CT molecular complexity index is 1240. The molecule has 0 N–H and O–H groups in total. The van der Waals surface area contributed by atoms with Gasteiger partial charge in [0.1, 0.15) is 5.60 Å². The Hall–Kier alpha value is -3.29. The minimum Gasteiger partial charge on any atom is -0.379 e. The van der Waals surface area contributed by atoms with E-state index in [1.165, 1.54) is 0 Å². The van der Waals surface area contributed by atoms with Gasteiger partial charge in [-0.15, -0.1) is 0 Å². The lowest BCUT2D eigenvalue weighted by Crippen LogP contribution is -2.33. The van der Waals surface area contributed by atoms with E-state index in [2.05, 4.69) is 36.4 Å². The van der Waals surface area contributed by atoms with Gasteiger partial charge in [-0.2, -0.15) is 8.42 Å². The first-order chi connectivity index (χ1) is 18.5. The van der Waals surface area contributed by atoms with Gasteiger partial charge in [-0.25, -0.2) is 0 Å². The van der Waals surface area contributed by atoms with Crippen molar-refractivity contribution in [1.82, 2.24) is 0 Å². The van der Waals surface area contributed by atoms with Gasteiger partial charge in [0.25, 0.3) is 10.1 Å². The summed E-state index contributed by atoms with van der Waals surface area (Å²) in [6, 6.07) is 37.5. The molecular formula is C32H34O5S. The highest BCUT2D eigenvalue weighted by molar-refractivity contribution is 7.86. The van der Waals surface area contributed by atoms with Gasteiger partial charge in [0, 0.05) is 13.2 Å². The van der Waals surface area contributed by atoms with Gasteiger partial charge in [-0.3, -0.25) is 4.18 Å². The number of hydrogen-bond acceptors (Lipinski definition) is 5. The van der Waals surface area contributed by atoms with Gasteiger partial charge in [0.15, 0.2) is 0 Å². The highest BCUT2D eigenvalue weighted by Crippen LogP contribution is 2.40. The fourth-order valence-electron chi connectivity index (χ4n) is 4.38. The van der Waals surface area contributed by atoms with Crippen molar-refractivity contribution >= 4 is 10.1 Å². The standard InChI is InChI=1S/C32H34O5S/c1-27-19-21-31(22-20-27)38(33,34)37-26-25-35-23-11-12-24-36-32(28-13-5-2-6-14-28,29-15-7-3-8-16-29)30-17-9-4-10-18-30/h2-10,13-22H,11-12,23-26H2,1H3. The van der Waals surface area contributed by atoms with E-state index < -0.39 is 15.7 Å². The van der Waals surface area contributed by atoms with Crippen molar-refractivity contribution in [2.75, 3.05) is 26.4 Å². The van der Waals surface area contributed by atoms with Gasteiger partial charge >= 0.3 is 0 Å². The summed E-state index contributed by atoms with van der Waals surface area (Å²) < 4.78 is 42.0. The topological polar surface area (TPSA) is 61.8 Å². The number of rotatable bonds is 14. The Morgan fingerprint density at radius 2 is 1.05 bits per heavy atom. The molecule has 0 bridgehead atoms. The summed E-state index contributed by atoms with van der Waals surface area (Å²) in [5.41, 5.74) is 3.47. The third-order valence-electron chi connectivity index (χ3n) is 6.32. The summed E-state index contributed by atoms with van der Waals surface area (Å²) in [5, 5.41) is 0. The first-order valence-corrected chi connectivity index (χ1v) is 14.3. The van der Waals surface area contributed by atoms with Crippen molar-refractivity contribution in [2.45, 2.75) is 30.3 Å². The molecule has 0 atom stereocenters. The van der Waals surface area contributed by atoms with E-state index in [-0.39, 0.29) is 18.1 Å². The minimum atomic E-state index is -3.77. The molecule has 0 aliphatic carbocycles. The van der Waals surface area contributed by atoms with Crippen LogP contribution in [0.4, 0.5) is 0 Å². The molecule has 0 spiro atoms. The van der Waals surface area contributed by atoms with Gasteiger partial charge in [0.2, 0.25) is 0 Å². The molecule has 6 heteroatoms. The van der Waals surface area contributed by atoms with Crippen LogP contribution < -0.4 is 0 Å². The van der Waals surface area contributed by atoms with Crippen LogP contribution in [0.2, 0.25) is 0 Å². The predicted molar refractivity (Wildman–Crippen MR) is 150 cm³/mol. The first-order valence-electron chi connectivity index (χ1n) is 12.9. The predicted octanol–water partition coefficient (Wildman–Crippen LogP) is 6.51. The maximum Gasteiger partial charge on any atom is 0.297 e. The Morgan fingerprint density at radius 1 is 0.579 bits per heavy atom. The van der Waals surface area contributed by atoms with Crippen LogP contribution in [0.25, 0.3) is 0 Å². The fraction of sp³-hybridized carbons (Fsp3) is 0.250. The van der Waals surface area contributed by atoms with E-state index in [1.807, 2.05) is 61.5 Å². The molecule has 198 valence electrons. The zero-order valence-corrected chi connectivity index (χ0v) is 22.5. The monoisotopic (exact) mass is 530 g/mol. The highest BCUT2D eigenvalue weighted by atomic mass is 32.2. The molecule has 5 nitrogen and oxygen atoms in total. The van der Waals surface area contributed by atoms with Crippen molar-refractivity contribution in [1.29, 1.82) is 0 Å². The highest BCUT2D eigenvalue weighted by Gasteiger charge is 2.37. The quantitative estimate of drug-likeness (QED) is 0.106. The second-order valence-corrected chi connectivity index (χ2v) is 10.7. The molecule has 0 aliphatic heterocycles. The molecular weight excluding hydrogens is 496 g/mol. The Labute approximate surface area is 226 Å². The molecule has 0 unspecified atom stereocenters. The van der Waals surface area contributed by atoms with Crippen molar-refractivity contribution in [2.24, 2.45) is 0 Å². The van der Waals surface area contributed by atoms with E-state index in [4.69, 9.17) is 13.7 Å². The van der Waals surface area contributed by atoms with Crippen molar-refractivity contribution < 1.29 is 22.1 Å². The van der Waals surface area contributed by atoms with Crippen LogP contribution in [-0.2, 0) is 29.4 Å². The van der Waals surface area contributed by atoms with E-state index in [1.54, 1.807) is 24.3 Å². The van der Waals surface area contributed by atoms with Crippen LogP contribution in [0.15, 0.2) is 120 Å². The van der Waals surface area contributed by atoms with E-state index in [0.717, 1.165) is 35.1 Å². The second-order valence-electron chi connectivity index (χ2n) is 9.04. The minimum absolute atomic E-state index is 0.0220. The van der Waals surface area contributed by atoms with Gasteiger partial charge < -0.3 is 9.47 Å². The molecule has 4 rings (SSSR count). The molecule has 0 aromatic heterocycles.